The number of rotatable bonds is 7. The quantitative estimate of drug-likeness (QED) is 0.181. The van der Waals surface area contributed by atoms with Crippen molar-refractivity contribution in [1.29, 1.82) is 0 Å². The van der Waals surface area contributed by atoms with Gasteiger partial charge >= 0.3 is 0 Å². The Morgan fingerprint density at radius 1 is 0.698 bits per heavy atom. The van der Waals surface area contributed by atoms with Crippen LogP contribution in [0.25, 0.3) is 0 Å². The Balaban J connectivity index is 0.000000548. The molecule has 0 unspecified atom stereocenters. The fourth-order valence-corrected chi connectivity index (χ4v) is 13.1. The van der Waals surface area contributed by atoms with Gasteiger partial charge in [-0.3, -0.25) is 0 Å². The van der Waals surface area contributed by atoms with E-state index in [0.29, 0.717) is 10.8 Å². The predicted molar refractivity (Wildman–Crippen MR) is 190 cm³/mol. The largest absolute Gasteiger partial charge is 0.390 e. The molecular formula is C39H55BrN2Si. The van der Waals surface area contributed by atoms with Gasteiger partial charge in [-0.2, -0.15) is 0 Å². The summed E-state index contributed by atoms with van der Waals surface area (Å²) in [5.41, 5.74) is 9.10. The standard InChI is InChI=1S/C33H49BrN2Si.C6H6/c1-9-32(10-2)22-30(5,6)27-25(32)21-26-28(31(7,8)23-33(26,11-3)12-4)29(27)37(34)36-19-15-24(16-20-36)35-17-13-14-18-35;1-2-4-6-5-3-1/h15-16,19-21H,9-14,17-18,22-23H2,1-8H3;1-6H. The van der Waals surface area contributed by atoms with Crippen molar-refractivity contribution in [3.63, 3.8) is 0 Å². The smallest absolute Gasteiger partial charge is 0.148 e. The first-order valence-electron chi connectivity index (χ1n) is 17.0. The topological polar surface area (TPSA) is 7.12 Å². The van der Waals surface area contributed by atoms with Crippen LogP contribution in [0.3, 0.4) is 0 Å². The van der Waals surface area contributed by atoms with Gasteiger partial charge in [0, 0.05) is 30.9 Å². The molecule has 0 N–H and O–H groups in total. The van der Waals surface area contributed by atoms with Crippen molar-refractivity contribution in [3.8, 4) is 0 Å². The van der Waals surface area contributed by atoms with Gasteiger partial charge in [-0.25, -0.2) is 15.3 Å². The van der Waals surface area contributed by atoms with Gasteiger partial charge in [0.05, 0.1) is 0 Å². The van der Waals surface area contributed by atoms with E-state index >= 15 is 0 Å². The van der Waals surface area contributed by atoms with E-state index in [1.807, 2.05) is 36.4 Å². The maximum atomic E-state index is 4.43. The maximum Gasteiger partial charge on any atom is 0.148 e. The molecular weight excluding hydrogens is 604 g/mol. The molecule has 1 aromatic heterocycles. The molecule has 2 aliphatic carbocycles. The average Bonchev–Trinajstić information content (AvgIpc) is 3.71. The lowest BCUT2D eigenvalue weighted by atomic mass is 9.72. The summed E-state index contributed by atoms with van der Waals surface area (Å²) >= 11 is 4.43. The van der Waals surface area contributed by atoms with Crippen molar-refractivity contribution in [3.05, 3.63) is 89.2 Å². The fourth-order valence-electron chi connectivity index (χ4n) is 9.20. The molecule has 0 saturated carbocycles. The molecule has 0 amide bonds. The van der Waals surface area contributed by atoms with E-state index in [0.717, 1.165) is 0 Å². The summed E-state index contributed by atoms with van der Waals surface area (Å²) in [6, 6.07) is 19.5. The molecule has 6 rings (SSSR count). The van der Waals surface area contributed by atoms with Crippen LogP contribution in [-0.4, -0.2) is 20.7 Å². The van der Waals surface area contributed by atoms with E-state index in [4.69, 9.17) is 0 Å². The van der Waals surface area contributed by atoms with E-state index in [1.54, 1.807) is 27.4 Å². The molecule has 1 aliphatic heterocycles. The highest BCUT2D eigenvalue weighted by molar-refractivity contribution is 9.24. The van der Waals surface area contributed by atoms with Crippen LogP contribution >= 0.6 is 15.3 Å². The van der Waals surface area contributed by atoms with Crippen LogP contribution in [0, 0.1) is 0 Å². The number of fused-ring (bicyclic) bond motifs is 2. The number of nitrogens with zero attached hydrogens (tertiary/aromatic N) is 2. The van der Waals surface area contributed by atoms with Crippen molar-refractivity contribution in [2.75, 3.05) is 18.0 Å². The molecule has 1 saturated heterocycles. The lowest BCUT2D eigenvalue weighted by molar-refractivity contribution is -0.529. The second-order valence-electron chi connectivity index (χ2n) is 14.8. The van der Waals surface area contributed by atoms with E-state index in [-0.39, 0.29) is 10.8 Å². The molecule has 0 bridgehead atoms. The molecule has 3 aromatic rings. The van der Waals surface area contributed by atoms with Gasteiger partial charge in [0.15, 0.2) is 0 Å². The second kappa shape index (κ2) is 12.5. The fraction of sp³-hybridized carbons (Fsp3) is 0.564. The van der Waals surface area contributed by atoms with Gasteiger partial charge in [-0.15, -0.1) is 5.19 Å². The summed E-state index contributed by atoms with van der Waals surface area (Å²) in [6.45, 7) is 22.3. The average molecular weight is 660 g/mol. The Hall–Kier alpha value is -1.91. The SMILES string of the molecule is CCC1(CC)CC(C)(C)c2c1cc1c(c2[Si-](Br)[n+]2ccc(N3CCCC3)cc2)C(C)(C)CC1(CC)CC.c1ccccc1. The van der Waals surface area contributed by atoms with Crippen LogP contribution in [0.15, 0.2) is 67.0 Å². The minimum Gasteiger partial charge on any atom is -0.390 e. The second-order valence-corrected chi connectivity index (χ2v) is 18.6. The molecule has 3 aliphatic rings. The third-order valence-electron chi connectivity index (χ3n) is 11.5. The van der Waals surface area contributed by atoms with Crippen LogP contribution in [0.2, 0.25) is 0 Å². The van der Waals surface area contributed by atoms with E-state index < -0.39 is 7.58 Å². The molecule has 2 heterocycles. The molecule has 2 nitrogen and oxygen atoms in total. The van der Waals surface area contributed by atoms with Gasteiger partial charge in [0.25, 0.3) is 0 Å². The summed E-state index contributed by atoms with van der Waals surface area (Å²) in [5.74, 6) is 0. The lowest BCUT2D eigenvalue weighted by Crippen LogP contribution is -2.58. The zero-order valence-electron chi connectivity index (χ0n) is 28.2. The zero-order valence-corrected chi connectivity index (χ0v) is 30.8. The monoisotopic (exact) mass is 658 g/mol. The van der Waals surface area contributed by atoms with Gasteiger partial charge in [-0.05, 0) is 84.2 Å². The first kappa shape index (κ1) is 32.5. The summed E-state index contributed by atoms with van der Waals surface area (Å²) in [5, 5.41) is 1.68. The van der Waals surface area contributed by atoms with E-state index in [1.165, 1.54) is 70.1 Å². The van der Waals surface area contributed by atoms with Crippen LogP contribution < -0.4 is 14.3 Å². The normalized spacial score (nSPS) is 20.3. The van der Waals surface area contributed by atoms with Crippen molar-refractivity contribution in [2.24, 2.45) is 0 Å². The van der Waals surface area contributed by atoms with Gasteiger partial charge < -0.3 is 9.13 Å². The first-order valence-corrected chi connectivity index (χ1v) is 20.7. The molecule has 43 heavy (non-hydrogen) atoms. The van der Waals surface area contributed by atoms with Gasteiger partial charge in [0.1, 0.15) is 20.0 Å². The molecule has 1 fully saturated rings. The van der Waals surface area contributed by atoms with Crippen LogP contribution in [0.4, 0.5) is 5.69 Å². The molecule has 0 radical (unpaired) electrons. The van der Waals surface area contributed by atoms with Gasteiger partial charge in [0.2, 0.25) is 0 Å². The van der Waals surface area contributed by atoms with E-state index in [2.05, 4.69) is 110 Å². The molecule has 0 atom stereocenters. The Kier molecular flexibility index (Phi) is 9.42. The van der Waals surface area contributed by atoms with Crippen LogP contribution in [-0.2, 0) is 21.7 Å². The summed E-state index contributed by atoms with van der Waals surface area (Å²) in [7, 11) is -1.19. The third kappa shape index (κ3) is 5.69. The number of anilines is 1. The van der Waals surface area contributed by atoms with Crippen molar-refractivity contribution >= 4 is 33.7 Å². The molecule has 2 aromatic carbocycles. The number of benzene rings is 2. The number of hydrogen-bond donors (Lipinski definition) is 0. The summed E-state index contributed by atoms with van der Waals surface area (Å²) in [6.07, 6.45) is 14.8. The number of pyridine rings is 1. The first-order chi connectivity index (χ1) is 20.5. The van der Waals surface area contributed by atoms with Crippen LogP contribution in [0.5, 0.6) is 0 Å². The Bertz CT molecular complexity index is 1300. The van der Waals surface area contributed by atoms with Crippen molar-refractivity contribution < 1.29 is 4.23 Å². The summed E-state index contributed by atoms with van der Waals surface area (Å²) in [4.78, 5) is 2.54. The predicted octanol–water partition coefficient (Wildman–Crippen LogP) is 9.38. The molecule has 0 spiro atoms. The van der Waals surface area contributed by atoms with Crippen LogP contribution in [0.1, 0.15) is 129 Å². The Labute approximate surface area is 272 Å². The van der Waals surface area contributed by atoms with Gasteiger partial charge in [-0.1, -0.05) is 109 Å². The molecule has 4 heteroatoms. The van der Waals surface area contributed by atoms with Crippen molar-refractivity contribution in [2.45, 2.75) is 128 Å². The maximum absolute atomic E-state index is 4.43. The van der Waals surface area contributed by atoms with Crippen molar-refractivity contribution in [1.82, 2.24) is 0 Å². The minimum absolute atomic E-state index is 0.186. The highest BCUT2D eigenvalue weighted by atomic mass is 79.9. The highest BCUT2D eigenvalue weighted by Crippen LogP contribution is 2.59. The number of hydrogen-bond acceptors (Lipinski definition) is 1. The summed E-state index contributed by atoms with van der Waals surface area (Å²) < 4.78 is 2.53. The zero-order chi connectivity index (χ0) is 31.0. The Morgan fingerprint density at radius 3 is 1.47 bits per heavy atom. The molecule has 232 valence electrons. The van der Waals surface area contributed by atoms with E-state index in [9.17, 15) is 0 Å². The number of halogens is 1. The number of aromatic nitrogens is 1. The minimum atomic E-state index is -1.19. The lowest BCUT2D eigenvalue weighted by Gasteiger charge is -2.35. The highest BCUT2D eigenvalue weighted by Gasteiger charge is 2.53. The Morgan fingerprint density at radius 2 is 1.09 bits per heavy atom. The third-order valence-corrected chi connectivity index (χ3v) is 15.6.